The van der Waals surface area contributed by atoms with E-state index in [-0.39, 0.29) is 30.7 Å². The Morgan fingerprint density at radius 3 is 2.61 bits per heavy atom. The van der Waals surface area contributed by atoms with Crippen LogP contribution in [0.5, 0.6) is 0 Å². The molecule has 28 heavy (non-hydrogen) atoms. The summed E-state index contributed by atoms with van der Waals surface area (Å²) in [6.45, 7) is 2.47. The fraction of sp³-hybridized carbons (Fsp3) is 0.789. The Labute approximate surface area is 166 Å². The zero-order chi connectivity index (χ0) is 20.8. The molecule has 1 aliphatic heterocycles. The lowest BCUT2D eigenvalue weighted by molar-refractivity contribution is -0.155. The molecule has 2 atom stereocenters. The number of nitrogens with one attached hydrogen (secondary N) is 3. The number of hydrogen-bond donors (Lipinski definition) is 4. The molecule has 9 nitrogen and oxygen atoms in total. The van der Waals surface area contributed by atoms with Crippen molar-refractivity contribution in [3.8, 4) is 0 Å². The molecule has 160 valence electrons. The Hall–Kier alpha value is -2.16. The van der Waals surface area contributed by atoms with Crippen LogP contribution in [0, 0.1) is 5.92 Å². The van der Waals surface area contributed by atoms with Crippen LogP contribution < -0.4 is 16.0 Å². The molecular weight excluding hydrogens is 364 g/mol. The molecule has 0 spiro atoms. The van der Waals surface area contributed by atoms with E-state index in [0.717, 1.165) is 32.1 Å². The molecule has 4 N–H and O–H groups in total. The summed E-state index contributed by atoms with van der Waals surface area (Å²) in [6.07, 6.45) is 7.39. The van der Waals surface area contributed by atoms with Crippen LogP contribution in [-0.2, 0) is 19.2 Å². The summed E-state index contributed by atoms with van der Waals surface area (Å²) in [5, 5.41) is 18.4. The second-order valence-corrected chi connectivity index (χ2v) is 7.31. The Morgan fingerprint density at radius 1 is 1.18 bits per heavy atom. The molecule has 0 bridgehead atoms. The van der Waals surface area contributed by atoms with Crippen LogP contribution in [0.4, 0.5) is 0 Å². The van der Waals surface area contributed by atoms with E-state index < -0.39 is 12.0 Å². The van der Waals surface area contributed by atoms with Gasteiger partial charge >= 0.3 is 0 Å². The highest BCUT2D eigenvalue weighted by molar-refractivity contribution is 5.88. The lowest BCUT2D eigenvalue weighted by atomic mass is 9.98. The maximum absolute atomic E-state index is 12.7. The van der Waals surface area contributed by atoms with Gasteiger partial charge in [-0.05, 0) is 32.1 Å². The van der Waals surface area contributed by atoms with Crippen LogP contribution in [0.15, 0.2) is 0 Å². The van der Waals surface area contributed by atoms with Crippen LogP contribution in [0.25, 0.3) is 0 Å². The molecule has 1 rings (SSSR count). The normalized spacial score (nSPS) is 21.9. The van der Waals surface area contributed by atoms with Gasteiger partial charge in [0.15, 0.2) is 0 Å². The van der Waals surface area contributed by atoms with Crippen molar-refractivity contribution in [3.05, 3.63) is 0 Å². The Balaban J connectivity index is 2.71. The lowest BCUT2D eigenvalue weighted by Crippen LogP contribution is -2.50. The largest absolute Gasteiger partial charge is 0.356 e. The van der Waals surface area contributed by atoms with Crippen molar-refractivity contribution in [1.29, 1.82) is 0 Å². The quantitative estimate of drug-likeness (QED) is 0.207. The number of amides is 4. The molecule has 0 aromatic heterocycles. The lowest BCUT2D eigenvalue weighted by Gasteiger charge is -2.23. The molecule has 0 aromatic rings. The Bertz CT molecular complexity index is 515. The molecule has 0 aromatic carbocycles. The van der Waals surface area contributed by atoms with Gasteiger partial charge in [-0.2, -0.15) is 0 Å². The molecule has 4 amide bonds. The van der Waals surface area contributed by atoms with Crippen molar-refractivity contribution >= 4 is 24.1 Å². The van der Waals surface area contributed by atoms with E-state index in [2.05, 4.69) is 16.0 Å². The molecule has 0 saturated carbocycles. The standard InChI is InChI=1S/C19H34N4O5/c1-15(25)20-11-8-6-10-17-19(27)21-12-7-4-2-3-5-9-16(18(26)22-17)13-23(28)14-24/h14,16-17,28H,2-13H2,1H3,(H,20,25)(H,21,27)(H,22,26)/t16-,17+/m1/s1. The average Bonchev–Trinajstić information content (AvgIpc) is 2.67. The van der Waals surface area contributed by atoms with Gasteiger partial charge in [0.25, 0.3) is 0 Å². The predicted octanol–water partition coefficient (Wildman–Crippen LogP) is 0.712. The van der Waals surface area contributed by atoms with E-state index in [1.54, 1.807) is 0 Å². The van der Waals surface area contributed by atoms with Crippen LogP contribution in [0.1, 0.15) is 64.7 Å². The van der Waals surface area contributed by atoms with E-state index in [4.69, 9.17) is 0 Å². The summed E-state index contributed by atoms with van der Waals surface area (Å²) in [5.74, 6) is -1.21. The maximum atomic E-state index is 12.7. The highest BCUT2D eigenvalue weighted by atomic mass is 16.5. The van der Waals surface area contributed by atoms with Crippen molar-refractivity contribution < 1.29 is 24.4 Å². The molecule has 0 radical (unpaired) electrons. The Morgan fingerprint density at radius 2 is 1.89 bits per heavy atom. The van der Waals surface area contributed by atoms with E-state index in [0.29, 0.717) is 43.8 Å². The van der Waals surface area contributed by atoms with Gasteiger partial charge < -0.3 is 16.0 Å². The summed E-state index contributed by atoms with van der Waals surface area (Å²) in [7, 11) is 0. The van der Waals surface area contributed by atoms with Crippen LogP contribution >= 0.6 is 0 Å². The molecule has 1 heterocycles. The van der Waals surface area contributed by atoms with Gasteiger partial charge in [-0.3, -0.25) is 24.4 Å². The Kier molecular flexibility index (Phi) is 11.9. The molecular formula is C19H34N4O5. The number of hydroxylamine groups is 2. The molecule has 0 aliphatic carbocycles. The van der Waals surface area contributed by atoms with Crippen LogP contribution in [0.2, 0.25) is 0 Å². The number of nitrogens with zero attached hydrogens (tertiary/aromatic N) is 1. The van der Waals surface area contributed by atoms with Crippen molar-refractivity contribution in [3.63, 3.8) is 0 Å². The van der Waals surface area contributed by atoms with Gasteiger partial charge in [0, 0.05) is 20.0 Å². The van der Waals surface area contributed by atoms with Crippen molar-refractivity contribution in [2.45, 2.75) is 70.8 Å². The second-order valence-electron chi connectivity index (χ2n) is 7.31. The SMILES string of the molecule is CC(=O)NCCCC[C@@H]1NC(=O)[C@@H](CN(O)C=O)CCCCCCCNC1=O. The van der Waals surface area contributed by atoms with Gasteiger partial charge in [-0.1, -0.05) is 25.7 Å². The van der Waals surface area contributed by atoms with Crippen molar-refractivity contribution in [2.75, 3.05) is 19.6 Å². The average molecular weight is 399 g/mol. The second kappa shape index (κ2) is 13.9. The summed E-state index contributed by atoms with van der Waals surface area (Å²) in [6, 6.07) is -0.670. The zero-order valence-electron chi connectivity index (χ0n) is 16.7. The number of hydrogen-bond acceptors (Lipinski definition) is 5. The van der Waals surface area contributed by atoms with Gasteiger partial charge in [0.1, 0.15) is 6.04 Å². The molecule has 0 unspecified atom stereocenters. The summed E-state index contributed by atoms with van der Waals surface area (Å²) < 4.78 is 0. The van der Waals surface area contributed by atoms with E-state index in [1.807, 2.05) is 0 Å². The zero-order valence-corrected chi connectivity index (χ0v) is 16.7. The van der Waals surface area contributed by atoms with Crippen LogP contribution in [-0.4, -0.2) is 60.1 Å². The first kappa shape index (κ1) is 23.9. The predicted molar refractivity (Wildman–Crippen MR) is 103 cm³/mol. The van der Waals surface area contributed by atoms with Gasteiger partial charge in [0.05, 0.1) is 12.5 Å². The third kappa shape index (κ3) is 10.2. The summed E-state index contributed by atoms with van der Waals surface area (Å²) in [5.41, 5.74) is 0. The van der Waals surface area contributed by atoms with Crippen molar-refractivity contribution in [2.24, 2.45) is 5.92 Å². The van der Waals surface area contributed by atoms with Gasteiger partial charge in [-0.15, -0.1) is 0 Å². The van der Waals surface area contributed by atoms with Gasteiger partial charge in [-0.25, -0.2) is 5.06 Å². The first-order valence-electron chi connectivity index (χ1n) is 10.2. The smallest absolute Gasteiger partial charge is 0.242 e. The molecule has 1 fully saturated rings. The minimum atomic E-state index is -0.670. The first-order valence-corrected chi connectivity index (χ1v) is 10.2. The summed E-state index contributed by atoms with van der Waals surface area (Å²) >= 11 is 0. The third-order valence-corrected chi connectivity index (χ3v) is 4.86. The fourth-order valence-corrected chi connectivity index (χ4v) is 3.25. The fourth-order valence-electron chi connectivity index (χ4n) is 3.25. The van der Waals surface area contributed by atoms with Gasteiger partial charge in [0.2, 0.25) is 24.1 Å². The van der Waals surface area contributed by atoms with Crippen LogP contribution in [0.3, 0.4) is 0 Å². The van der Waals surface area contributed by atoms with E-state index in [1.165, 1.54) is 6.92 Å². The monoisotopic (exact) mass is 398 g/mol. The number of carbonyl (C=O) groups excluding carboxylic acids is 4. The first-order chi connectivity index (χ1) is 13.4. The number of unbranched alkanes of at least 4 members (excludes halogenated alkanes) is 1. The topological polar surface area (TPSA) is 128 Å². The third-order valence-electron chi connectivity index (χ3n) is 4.86. The van der Waals surface area contributed by atoms with E-state index in [9.17, 15) is 24.4 Å². The maximum Gasteiger partial charge on any atom is 0.242 e. The minimum Gasteiger partial charge on any atom is -0.356 e. The summed E-state index contributed by atoms with van der Waals surface area (Å²) in [4.78, 5) is 46.8. The minimum absolute atomic E-state index is 0.0911. The number of carbonyl (C=O) groups is 4. The van der Waals surface area contributed by atoms with E-state index >= 15 is 0 Å². The highest BCUT2D eigenvalue weighted by Crippen LogP contribution is 2.15. The van der Waals surface area contributed by atoms with Crippen molar-refractivity contribution in [1.82, 2.24) is 21.0 Å². The molecule has 9 heteroatoms. The molecule has 1 aliphatic rings. The highest BCUT2D eigenvalue weighted by Gasteiger charge is 2.26. The number of rotatable bonds is 8. The molecule has 1 saturated heterocycles.